The fraction of sp³-hybridized carbons (Fsp3) is 0.286. The third-order valence-electron chi connectivity index (χ3n) is 2.81. The number of anilines is 1. The van der Waals surface area contributed by atoms with Crippen LogP contribution in [-0.4, -0.2) is 28.5 Å². The molecule has 1 aromatic carbocycles. The standard InChI is InChI=1S/C14H14ClFN4O3/c1-8-18-12(23-20-8)3-2-6-17-13(21)14(22)19-11-5-4-9(15)7-10(11)16/h4-5,7H,2-3,6H2,1H3,(H,17,21)(H,19,22). The van der Waals surface area contributed by atoms with E-state index in [-0.39, 0.29) is 17.3 Å². The number of aromatic nitrogens is 2. The molecule has 1 aromatic heterocycles. The van der Waals surface area contributed by atoms with Gasteiger partial charge in [0.05, 0.1) is 5.69 Å². The zero-order chi connectivity index (χ0) is 16.8. The van der Waals surface area contributed by atoms with Crippen LogP contribution < -0.4 is 10.6 Å². The number of carbonyl (C=O) groups is 2. The third-order valence-corrected chi connectivity index (χ3v) is 3.04. The fourth-order valence-electron chi connectivity index (χ4n) is 1.73. The van der Waals surface area contributed by atoms with Crippen LogP contribution >= 0.6 is 11.6 Å². The number of hydrogen-bond donors (Lipinski definition) is 2. The van der Waals surface area contributed by atoms with Crippen molar-refractivity contribution in [2.75, 3.05) is 11.9 Å². The van der Waals surface area contributed by atoms with Crippen molar-refractivity contribution in [3.8, 4) is 0 Å². The second-order valence-corrected chi connectivity index (χ2v) is 5.11. The second kappa shape index (κ2) is 7.68. The van der Waals surface area contributed by atoms with Crippen molar-refractivity contribution in [3.05, 3.63) is 40.8 Å². The van der Waals surface area contributed by atoms with Crippen molar-refractivity contribution in [1.82, 2.24) is 15.5 Å². The van der Waals surface area contributed by atoms with Crippen molar-refractivity contribution < 1.29 is 18.5 Å². The summed E-state index contributed by atoms with van der Waals surface area (Å²) in [7, 11) is 0. The first-order valence-corrected chi connectivity index (χ1v) is 7.17. The van der Waals surface area contributed by atoms with Crippen LogP contribution in [0.15, 0.2) is 22.7 Å². The molecule has 2 rings (SSSR count). The molecule has 122 valence electrons. The van der Waals surface area contributed by atoms with E-state index in [4.69, 9.17) is 16.1 Å². The number of rotatable bonds is 5. The average Bonchev–Trinajstić information content (AvgIpc) is 2.91. The molecule has 0 fully saturated rings. The minimum atomic E-state index is -0.958. The lowest BCUT2D eigenvalue weighted by atomic mass is 10.3. The predicted molar refractivity (Wildman–Crippen MR) is 80.4 cm³/mol. The Morgan fingerprint density at radius 3 is 2.78 bits per heavy atom. The summed E-state index contributed by atoms with van der Waals surface area (Å²) in [5, 5.41) is 8.43. The zero-order valence-electron chi connectivity index (χ0n) is 12.2. The molecular formula is C14H14ClFN4O3. The average molecular weight is 341 g/mol. The summed E-state index contributed by atoms with van der Waals surface area (Å²) in [5.74, 6) is -1.54. The van der Waals surface area contributed by atoms with Gasteiger partial charge >= 0.3 is 11.8 Å². The first-order valence-electron chi connectivity index (χ1n) is 6.79. The fourth-order valence-corrected chi connectivity index (χ4v) is 1.89. The molecule has 0 saturated carbocycles. The van der Waals surface area contributed by atoms with Crippen LogP contribution in [0.1, 0.15) is 18.1 Å². The Hall–Kier alpha value is -2.48. The van der Waals surface area contributed by atoms with E-state index in [1.165, 1.54) is 12.1 Å². The van der Waals surface area contributed by atoms with Crippen molar-refractivity contribution in [1.29, 1.82) is 0 Å². The molecule has 0 radical (unpaired) electrons. The first-order chi connectivity index (χ1) is 11.0. The first kappa shape index (κ1) is 16.9. The normalized spacial score (nSPS) is 10.4. The van der Waals surface area contributed by atoms with Crippen LogP contribution in [0.3, 0.4) is 0 Å². The summed E-state index contributed by atoms with van der Waals surface area (Å²) >= 11 is 5.60. The lowest BCUT2D eigenvalue weighted by Gasteiger charge is -2.07. The molecule has 23 heavy (non-hydrogen) atoms. The van der Waals surface area contributed by atoms with E-state index in [1.54, 1.807) is 6.92 Å². The highest BCUT2D eigenvalue weighted by molar-refractivity contribution is 6.39. The van der Waals surface area contributed by atoms with Crippen LogP contribution in [0.5, 0.6) is 0 Å². The Labute approximate surface area is 136 Å². The van der Waals surface area contributed by atoms with E-state index in [1.807, 2.05) is 0 Å². The number of hydrogen-bond acceptors (Lipinski definition) is 5. The number of nitrogens with one attached hydrogen (secondary N) is 2. The molecule has 7 nitrogen and oxygen atoms in total. The monoisotopic (exact) mass is 340 g/mol. The van der Waals surface area contributed by atoms with Gasteiger partial charge in [0.2, 0.25) is 5.89 Å². The smallest absolute Gasteiger partial charge is 0.313 e. The highest BCUT2D eigenvalue weighted by Crippen LogP contribution is 2.18. The number of amides is 2. The van der Waals surface area contributed by atoms with Gasteiger partial charge in [-0.2, -0.15) is 4.98 Å². The second-order valence-electron chi connectivity index (χ2n) is 4.67. The molecule has 1 heterocycles. The Bertz CT molecular complexity index is 720. The molecule has 0 atom stereocenters. The van der Waals surface area contributed by atoms with E-state index < -0.39 is 17.6 Å². The third kappa shape index (κ3) is 5.03. The topological polar surface area (TPSA) is 97.1 Å². The van der Waals surface area contributed by atoms with Crippen LogP contribution in [-0.2, 0) is 16.0 Å². The molecule has 0 bridgehead atoms. The number of benzene rings is 1. The van der Waals surface area contributed by atoms with Crippen LogP contribution in [0.25, 0.3) is 0 Å². The Morgan fingerprint density at radius 1 is 1.35 bits per heavy atom. The SMILES string of the molecule is Cc1noc(CCCNC(=O)C(=O)Nc2ccc(Cl)cc2F)n1. The maximum absolute atomic E-state index is 13.5. The minimum Gasteiger partial charge on any atom is -0.348 e. The molecule has 9 heteroatoms. The molecule has 2 N–H and O–H groups in total. The van der Waals surface area contributed by atoms with Crippen LogP contribution in [0, 0.1) is 12.7 Å². The highest BCUT2D eigenvalue weighted by atomic mass is 35.5. The quantitative estimate of drug-likeness (QED) is 0.639. The maximum Gasteiger partial charge on any atom is 0.313 e. The largest absolute Gasteiger partial charge is 0.348 e. The molecule has 0 aliphatic rings. The van der Waals surface area contributed by atoms with Crippen molar-refractivity contribution in [2.45, 2.75) is 19.8 Å². The summed E-state index contributed by atoms with van der Waals surface area (Å²) < 4.78 is 18.4. The van der Waals surface area contributed by atoms with E-state index in [0.29, 0.717) is 24.6 Å². The van der Waals surface area contributed by atoms with Gasteiger partial charge in [-0.1, -0.05) is 16.8 Å². The van der Waals surface area contributed by atoms with Crippen molar-refractivity contribution in [3.63, 3.8) is 0 Å². The summed E-state index contributed by atoms with van der Waals surface area (Å²) in [5.41, 5.74) is -0.115. The van der Waals surface area contributed by atoms with E-state index in [9.17, 15) is 14.0 Å². The van der Waals surface area contributed by atoms with E-state index in [0.717, 1.165) is 6.07 Å². The Morgan fingerprint density at radius 2 is 2.13 bits per heavy atom. The van der Waals surface area contributed by atoms with Gasteiger partial charge in [0, 0.05) is 18.0 Å². The van der Waals surface area contributed by atoms with Gasteiger partial charge in [0.15, 0.2) is 5.82 Å². The Kier molecular flexibility index (Phi) is 5.64. The summed E-state index contributed by atoms with van der Waals surface area (Å²) in [6, 6.07) is 3.73. The lowest BCUT2D eigenvalue weighted by Crippen LogP contribution is -2.36. The predicted octanol–water partition coefficient (Wildman–Crippen LogP) is 1.86. The molecule has 0 unspecified atom stereocenters. The molecular weight excluding hydrogens is 327 g/mol. The number of halogens is 2. The van der Waals surface area contributed by atoms with E-state index >= 15 is 0 Å². The number of carbonyl (C=O) groups excluding carboxylic acids is 2. The molecule has 0 aliphatic carbocycles. The van der Waals surface area contributed by atoms with Gasteiger partial charge in [0.25, 0.3) is 0 Å². The van der Waals surface area contributed by atoms with Gasteiger partial charge in [-0.05, 0) is 31.5 Å². The van der Waals surface area contributed by atoms with Gasteiger partial charge in [-0.3, -0.25) is 9.59 Å². The van der Waals surface area contributed by atoms with E-state index in [2.05, 4.69) is 20.8 Å². The molecule has 2 amide bonds. The summed E-state index contributed by atoms with van der Waals surface area (Å²) in [6.07, 6.45) is 1.00. The molecule has 2 aromatic rings. The summed E-state index contributed by atoms with van der Waals surface area (Å²) in [6.45, 7) is 1.95. The minimum absolute atomic E-state index is 0.115. The molecule has 0 aliphatic heterocycles. The van der Waals surface area contributed by atoms with Gasteiger partial charge < -0.3 is 15.2 Å². The molecule has 0 spiro atoms. The number of aryl methyl sites for hydroxylation is 2. The van der Waals surface area contributed by atoms with Gasteiger partial charge in [0.1, 0.15) is 5.82 Å². The molecule has 0 saturated heterocycles. The van der Waals surface area contributed by atoms with Gasteiger partial charge in [-0.15, -0.1) is 0 Å². The Balaban J connectivity index is 1.75. The zero-order valence-corrected chi connectivity index (χ0v) is 13.0. The van der Waals surface area contributed by atoms with Gasteiger partial charge in [-0.25, -0.2) is 4.39 Å². The van der Waals surface area contributed by atoms with Crippen molar-refractivity contribution in [2.24, 2.45) is 0 Å². The summed E-state index contributed by atoms with van der Waals surface area (Å²) in [4.78, 5) is 27.3. The van der Waals surface area contributed by atoms with Crippen LogP contribution in [0.4, 0.5) is 10.1 Å². The number of nitrogens with zero attached hydrogens (tertiary/aromatic N) is 2. The highest BCUT2D eigenvalue weighted by Gasteiger charge is 2.15. The van der Waals surface area contributed by atoms with Crippen LogP contribution in [0.2, 0.25) is 5.02 Å². The maximum atomic E-state index is 13.5. The lowest BCUT2D eigenvalue weighted by molar-refractivity contribution is -0.136. The van der Waals surface area contributed by atoms with Crippen molar-refractivity contribution >= 4 is 29.1 Å².